The highest BCUT2D eigenvalue weighted by atomic mass is 79.9. The molecule has 1 rings (SSSR count). The Hall–Kier alpha value is -1.31. The summed E-state index contributed by atoms with van der Waals surface area (Å²) in [6, 6.07) is 4.10. The molecule has 0 saturated carbocycles. The molecule has 0 radical (unpaired) electrons. The van der Waals surface area contributed by atoms with E-state index in [2.05, 4.69) is 15.9 Å². The lowest BCUT2D eigenvalue weighted by molar-refractivity contribution is -0.384. The standard InChI is InChI=1S/C11H12BrF3N2O2/c1-16(5-4-11(13,14)15)10-3-2-9(17(18)19)6-8(10)7-12/h2-3,6H,4-5,7H2,1H3. The Labute approximate surface area is 116 Å². The van der Waals surface area contributed by atoms with Crippen molar-refractivity contribution in [3.05, 3.63) is 33.9 Å². The van der Waals surface area contributed by atoms with Gasteiger partial charge < -0.3 is 4.90 Å². The largest absolute Gasteiger partial charge is 0.390 e. The van der Waals surface area contributed by atoms with Crippen molar-refractivity contribution in [2.75, 3.05) is 18.5 Å². The maximum atomic E-state index is 12.2. The molecule has 4 nitrogen and oxygen atoms in total. The van der Waals surface area contributed by atoms with E-state index in [9.17, 15) is 23.3 Å². The molecule has 106 valence electrons. The average molecular weight is 341 g/mol. The van der Waals surface area contributed by atoms with Gasteiger partial charge in [0.15, 0.2) is 0 Å². The van der Waals surface area contributed by atoms with Crippen LogP contribution in [0, 0.1) is 10.1 Å². The van der Waals surface area contributed by atoms with Gasteiger partial charge in [-0.15, -0.1) is 0 Å². The van der Waals surface area contributed by atoms with Crippen molar-refractivity contribution in [3.8, 4) is 0 Å². The summed E-state index contributed by atoms with van der Waals surface area (Å²) in [4.78, 5) is 11.5. The van der Waals surface area contributed by atoms with E-state index in [-0.39, 0.29) is 12.2 Å². The molecular formula is C11H12BrF3N2O2. The van der Waals surface area contributed by atoms with Crippen molar-refractivity contribution < 1.29 is 18.1 Å². The Morgan fingerprint density at radius 3 is 2.53 bits per heavy atom. The van der Waals surface area contributed by atoms with Crippen molar-refractivity contribution in [1.29, 1.82) is 0 Å². The molecule has 0 N–H and O–H groups in total. The van der Waals surface area contributed by atoms with Crippen molar-refractivity contribution in [2.45, 2.75) is 17.9 Å². The predicted octanol–water partition coefficient (Wildman–Crippen LogP) is 3.88. The minimum absolute atomic E-state index is 0.0811. The Balaban J connectivity index is 2.90. The predicted molar refractivity (Wildman–Crippen MR) is 69.7 cm³/mol. The molecule has 0 spiro atoms. The van der Waals surface area contributed by atoms with E-state index in [0.29, 0.717) is 16.6 Å². The van der Waals surface area contributed by atoms with Gasteiger partial charge >= 0.3 is 6.18 Å². The van der Waals surface area contributed by atoms with Crippen LogP contribution in [0.25, 0.3) is 0 Å². The third-order valence-corrected chi connectivity index (χ3v) is 3.16. The zero-order valence-electron chi connectivity index (χ0n) is 10.1. The first-order chi connectivity index (χ1) is 8.74. The van der Waals surface area contributed by atoms with Gasteiger partial charge in [-0.2, -0.15) is 13.2 Å². The minimum Gasteiger partial charge on any atom is -0.374 e. The maximum absolute atomic E-state index is 12.2. The van der Waals surface area contributed by atoms with Gasteiger partial charge in [-0.3, -0.25) is 10.1 Å². The van der Waals surface area contributed by atoms with Crippen LogP contribution in [0.15, 0.2) is 18.2 Å². The number of non-ortho nitro benzene ring substituents is 1. The number of nitro groups is 1. The van der Waals surface area contributed by atoms with E-state index in [4.69, 9.17) is 0 Å². The number of alkyl halides is 4. The van der Waals surface area contributed by atoms with Crippen LogP contribution in [0.3, 0.4) is 0 Å². The Bertz CT molecular complexity index is 466. The Morgan fingerprint density at radius 1 is 1.42 bits per heavy atom. The van der Waals surface area contributed by atoms with Crippen LogP contribution in [-0.2, 0) is 5.33 Å². The molecule has 0 heterocycles. The summed E-state index contributed by atoms with van der Waals surface area (Å²) in [7, 11) is 1.53. The highest BCUT2D eigenvalue weighted by Crippen LogP contribution is 2.28. The van der Waals surface area contributed by atoms with Crippen molar-refractivity contribution in [1.82, 2.24) is 0 Å². The van der Waals surface area contributed by atoms with Gasteiger partial charge in [-0.1, -0.05) is 15.9 Å². The van der Waals surface area contributed by atoms with Crippen molar-refractivity contribution in [3.63, 3.8) is 0 Å². The van der Waals surface area contributed by atoms with Gasteiger partial charge in [0.25, 0.3) is 5.69 Å². The zero-order valence-corrected chi connectivity index (χ0v) is 11.7. The van der Waals surface area contributed by atoms with Crippen molar-refractivity contribution >= 4 is 27.3 Å². The monoisotopic (exact) mass is 340 g/mol. The molecule has 0 amide bonds. The molecular weight excluding hydrogens is 329 g/mol. The molecule has 8 heteroatoms. The van der Waals surface area contributed by atoms with Crippen molar-refractivity contribution in [2.24, 2.45) is 0 Å². The summed E-state index contributed by atoms with van der Waals surface area (Å²) in [5, 5.41) is 11.0. The molecule has 0 saturated heterocycles. The Morgan fingerprint density at radius 2 is 2.05 bits per heavy atom. The SMILES string of the molecule is CN(CCC(F)(F)F)c1ccc([N+](=O)[O-])cc1CBr. The number of hydrogen-bond donors (Lipinski definition) is 0. The summed E-state index contributed by atoms with van der Waals surface area (Å²) in [5.74, 6) is 0. The van der Waals surface area contributed by atoms with Crippen LogP contribution < -0.4 is 4.90 Å². The van der Waals surface area contributed by atoms with E-state index in [1.807, 2.05) is 0 Å². The van der Waals surface area contributed by atoms with Gasteiger partial charge in [0, 0.05) is 36.7 Å². The third-order valence-electron chi connectivity index (χ3n) is 2.56. The summed E-state index contributed by atoms with van der Waals surface area (Å²) >= 11 is 3.18. The lowest BCUT2D eigenvalue weighted by Gasteiger charge is -2.22. The van der Waals surface area contributed by atoms with Gasteiger partial charge in [0.1, 0.15) is 0 Å². The number of rotatable bonds is 5. The number of hydrogen-bond acceptors (Lipinski definition) is 3. The normalized spacial score (nSPS) is 11.4. The summed E-state index contributed by atoms with van der Waals surface area (Å²) in [6.45, 7) is -0.193. The van der Waals surface area contributed by atoms with Crippen LogP contribution in [0.2, 0.25) is 0 Å². The number of nitrogens with zero attached hydrogens (tertiary/aromatic N) is 2. The molecule has 0 unspecified atom stereocenters. The third kappa shape index (κ3) is 4.70. The molecule has 0 atom stereocenters. The average Bonchev–Trinajstić information content (AvgIpc) is 2.34. The molecule has 0 aromatic heterocycles. The minimum atomic E-state index is -4.22. The molecule has 0 aliphatic rings. The van der Waals surface area contributed by atoms with Crippen LogP contribution in [0.4, 0.5) is 24.5 Å². The fraction of sp³-hybridized carbons (Fsp3) is 0.455. The second-order valence-electron chi connectivity index (χ2n) is 3.99. The smallest absolute Gasteiger partial charge is 0.374 e. The van der Waals surface area contributed by atoms with Crippen LogP contribution in [0.5, 0.6) is 0 Å². The van der Waals surface area contributed by atoms with Crippen LogP contribution in [0.1, 0.15) is 12.0 Å². The van der Waals surface area contributed by atoms with E-state index >= 15 is 0 Å². The zero-order chi connectivity index (χ0) is 14.6. The van der Waals surface area contributed by atoms with Crippen LogP contribution >= 0.6 is 15.9 Å². The molecule has 1 aromatic rings. The second kappa shape index (κ2) is 6.23. The first-order valence-electron chi connectivity index (χ1n) is 5.36. The topological polar surface area (TPSA) is 46.4 Å². The molecule has 0 aliphatic carbocycles. The number of nitro benzene ring substituents is 1. The highest BCUT2D eigenvalue weighted by molar-refractivity contribution is 9.08. The first kappa shape index (κ1) is 15.7. The van der Waals surface area contributed by atoms with Crippen LogP contribution in [-0.4, -0.2) is 24.7 Å². The fourth-order valence-electron chi connectivity index (χ4n) is 1.58. The van der Waals surface area contributed by atoms with Gasteiger partial charge in [-0.05, 0) is 11.6 Å². The van der Waals surface area contributed by atoms with E-state index in [1.165, 1.54) is 30.1 Å². The quantitative estimate of drug-likeness (QED) is 0.464. The van der Waals surface area contributed by atoms with E-state index < -0.39 is 17.5 Å². The van der Waals surface area contributed by atoms with Gasteiger partial charge in [0.2, 0.25) is 0 Å². The fourth-order valence-corrected chi connectivity index (χ4v) is 2.03. The number of halogens is 4. The Kier molecular flexibility index (Phi) is 5.16. The summed E-state index contributed by atoms with van der Waals surface area (Å²) in [5.41, 5.74) is 1.05. The summed E-state index contributed by atoms with van der Waals surface area (Å²) < 4.78 is 36.5. The number of benzene rings is 1. The maximum Gasteiger partial charge on any atom is 0.390 e. The van der Waals surface area contributed by atoms with Gasteiger partial charge in [-0.25, -0.2) is 0 Å². The van der Waals surface area contributed by atoms with E-state index in [0.717, 1.165) is 0 Å². The first-order valence-corrected chi connectivity index (χ1v) is 6.48. The highest BCUT2D eigenvalue weighted by Gasteiger charge is 2.27. The van der Waals surface area contributed by atoms with Gasteiger partial charge in [0.05, 0.1) is 11.3 Å². The molecule has 0 fully saturated rings. The molecule has 0 aliphatic heterocycles. The van der Waals surface area contributed by atoms with E-state index in [1.54, 1.807) is 0 Å². The molecule has 0 bridgehead atoms. The summed E-state index contributed by atoms with van der Waals surface area (Å²) in [6.07, 6.45) is -5.15. The lowest BCUT2D eigenvalue weighted by atomic mass is 10.1. The lowest BCUT2D eigenvalue weighted by Crippen LogP contribution is -2.24. The second-order valence-corrected chi connectivity index (χ2v) is 4.55. The molecule has 1 aromatic carbocycles. The molecule has 19 heavy (non-hydrogen) atoms. The number of anilines is 1.